The van der Waals surface area contributed by atoms with Gasteiger partial charge in [0.05, 0.1) is 29.3 Å². The molecule has 44 heavy (non-hydrogen) atoms. The van der Waals surface area contributed by atoms with Crippen LogP contribution in [0.1, 0.15) is 49.5 Å². The van der Waals surface area contributed by atoms with E-state index in [0.717, 1.165) is 0 Å². The summed E-state index contributed by atoms with van der Waals surface area (Å²) in [5, 5.41) is 61.4. The highest BCUT2D eigenvalue weighted by atomic mass is 16.6. The highest BCUT2D eigenvalue weighted by molar-refractivity contribution is 6.25. The van der Waals surface area contributed by atoms with Crippen molar-refractivity contribution < 1.29 is 54.2 Å². The number of anilines is 1. The second-order valence-electron chi connectivity index (χ2n) is 12.4. The van der Waals surface area contributed by atoms with E-state index in [1.165, 1.54) is 31.1 Å². The summed E-state index contributed by atoms with van der Waals surface area (Å²) in [5.74, 6) is -11.1. The molecule has 0 saturated carbocycles. The Morgan fingerprint density at radius 1 is 1.11 bits per heavy atom. The molecule has 1 aromatic carbocycles. The molecule has 0 bridgehead atoms. The van der Waals surface area contributed by atoms with Crippen molar-refractivity contribution in [3.63, 3.8) is 0 Å². The van der Waals surface area contributed by atoms with Crippen molar-refractivity contribution in [2.24, 2.45) is 17.6 Å². The number of likely N-dealkylation sites (N-methyl/N-ethyl adjacent to an activating group) is 1. The van der Waals surface area contributed by atoms with Crippen LogP contribution in [0.25, 0.3) is 0 Å². The molecular formula is C29H36N4O11. The molecular weight excluding hydrogens is 580 g/mol. The third kappa shape index (κ3) is 4.96. The van der Waals surface area contributed by atoms with Gasteiger partial charge in [-0.05, 0) is 52.4 Å². The van der Waals surface area contributed by atoms with E-state index in [4.69, 9.17) is 10.5 Å². The zero-order valence-corrected chi connectivity index (χ0v) is 25.0. The number of aromatic hydroxyl groups is 1. The number of nitrogens with one attached hydrogen (secondary N) is 2. The first kappa shape index (κ1) is 32.4. The van der Waals surface area contributed by atoms with Gasteiger partial charge < -0.3 is 46.6 Å². The van der Waals surface area contributed by atoms with Crippen LogP contribution in [-0.2, 0) is 19.1 Å². The third-order valence-electron chi connectivity index (χ3n) is 8.20. The second kappa shape index (κ2) is 10.9. The number of phenols is 1. The van der Waals surface area contributed by atoms with Gasteiger partial charge in [0.25, 0.3) is 5.91 Å². The molecule has 0 saturated heterocycles. The van der Waals surface area contributed by atoms with Crippen LogP contribution in [0.3, 0.4) is 0 Å². The van der Waals surface area contributed by atoms with Crippen molar-refractivity contribution in [1.29, 1.82) is 0 Å². The SMILES string of the molecule is C[C@H]1c2ccc(NC(=O)CNC(=O)OC(C)(C)C)c(O)c2C(=O)C2=C(O)[C@]3(O)C(=O)C(C(N)=O)=C(O)[C@@H](N(C)C)[C@@H]3[C@@H](O)[C@@H]21. The van der Waals surface area contributed by atoms with Crippen LogP contribution < -0.4 is 16.4 Å². The average Bonchev–Trinajstić information content (AvgIpc) is 2.89. The van der Waals surface area contributed by atoms with Gasteiger partial charge in [-0.25, -0.2) is 4.79 Å². The number of carbonyl (C=O) groups is 5. The molecule has 0 unspecified atom stereocenters. The molecule has 3 aliphatic carbocycles. The Morgan fingerprint density at radius 2 is 1.73 bits per heavy atom. The number of alkyl carbamates (subject to hydrolysis) is 1. The number of fused-ring (bicyclic) bond motifs is 3. The number of nitrogens with two attached hydrogens (primary N) is 1. The van der Waals surface area contributed by atoms with Crippen LogP contribution >= 0.6 is 0 Å². The lowest BCUT2D eigenvalue weighted by Gasteiger charge is -2.53. The summed E-state index contributed by atoms with van der Waals surface area (Å²) in [4.78, 5) is 65.2. The zero-order chi connectivity index (χ0) is 33.2. The number of Topliss-reactive ketones (excluding diaryl/α,β-unsaturated/α-hetero) is 2. The van der Waals surface area contributed by atoms with Crippen molar-refractivity contribution in [2.75, 3.05) is 26.0 Å². The second-order valence-corrected chi connectivity index (χ2v) is 12.4. The summed E-state index contributed by atoms with van der Waals surface area (Å²) >= 11 is 0. The van der Waals surface area contributed by atoms with Gasteiger partial charge in [0.15, 0.2) is 17.1 Å². The highest BCUT2D eigenvalue weighted by Gasteiger charge is 2.67. The maximum atomic E-state index is 13.9. The van der Waals surface area contributed by atoms with Crippen LogP contribution in [0.15, 0.2) is 34.8 Å². The van der Waals surface area contributed by atoms with Gasteiger partial charge in [0.2, 0.25) is 11.7 Å². The van der Waals surface area contributed by atoms with E-state index in [9.17, 15) is 49.5 Å². The van der Waals surface area contributed by atoms with E-state index in [-0.39, 0.29) is 16.8 Å². The quantitative estimate of drug-likeness (QED) is 0.162. The molecule has 238 valence electrons. The highest BCUT2D eigenvalue weighted by Crippen LogP contribution is 2.56. The van der Waals surface area contributed by atoms with Gasteiger partial charge in [-0.1, -0.05) is 13.0 Å². The predicted octanol–water partition coefficient (Wildman–Crippen LogP) is 0.116. The van der Waals surface area contributed by atoms with Gasteiger partial charge in [0, 0.05) is 11.5 Å². The number of benzene rings is 1. The molecule has 6 atom stereocenters. The average molecular weight is 617 g/mol. The van der Waals surface area contributed by atoms with E-state index in [1.807, 2.05) is 0 Å². The summed E-state index contributed by atoms with van der Waals surface area (Å²) < 4.78 is 5.07. The number of aliphatic hydroxyl groups is 4. The number of amides is 3. The van der Waals surface area contributed by atoms with E-state index in [0.29, 0.717) is 0 Å². The number of nitrogens with zero attached hydrogens (tertiary/aromatic N) is 1. The lowest BCUT2D eigenvalue weighted by atomic mass is 9.55. The molecule has 15 heteroatoms. The van der Waals surface area contributed by atoms with Crippen LogP contribution in [0, 0.1) is 11.8 Å². The summed E-state index contributed by atoms with van der Waals surface area (Å²) in [6.07, 6.45) is -2.59. The Kier molecular flexibility index (Phi) is 8.04. The smallest absolute Gasteiger partial charge is 0.408 e. The van der Waals surface area contributed by atoms with Gasteiger partial charge in [-0.2, -0.15) is 0 Å². The van der Waals surface area contributed by atoms with Crippen LogP contribution in [0.5, 0.6) is 5.75 Å². The molecule has 15 nitrogen and oxygen atoms in total. The lowest BCUT2D eigenvalue weighted by Crippen LogP contribution is -2.68. The number of carbonyl (C=O) groups excluding carboxylic acids is 5. The number of hydrogen-bond acceptors (Lipinski definition) is 12. The van der Waals surface area contributed by atoms with Crippen molar-refractivity contribution in [2.45, 2.75) is 57.0 Å². The van der Waals surface area contributed by atoms with Crippen molar-refractivity contribution in [3.8, 4) is 5.75 Å². The molecule has 0 fully saturated rings. The van der Waals surface area contributed by atoms with Crippen LogP contribution in [0.4, 0.5) is 10.5 Å². The molecule has 9 N–H and O–H groups in total. The molecule has 3 amide bonds. The zero-order valence-electron chi connectivity index (χ0n) is 25.0. The minimum absolute atomic E-state index is 0.225. The fraction of sp³-hybridized carbons (Fsp3) is 0.483. The largest absolute Gasteiger partial charge is 0.510 e. The molecule has 0 aliphatic heterocycles. The summed E-state index contributed by atoms with van der Waals surface area (Å²) in [5.41, 5.74) is -0.475. The molecule has 4 rings (SSSR count). The van der Waals surface area contributed by atoms with Crippen LogP contribution in [-0.4, -0.2) is 104 Å². The first-order valence-corrected chi connectivity index (χ1v) is 13.7. The summed E-state index contributed by atoms with van der Waals surface area (Å²) in [6.45, 7) is 5.96. The fourth-order valence-electron chi connectivity index (χ4n) is 6.38. The Bertz CT molecular complexity index is 1540. The van der Waals surface area contributed by atoms with Crippen LogP contribution in [0.2, 0.25) is 0 Å². The normalized spacial score (nSPS) is 28.2. The minimum Gasteiger partial charge on any atom is -0.510 e. The fourth-order valence-corrected chi connectivity index (χ4v) is 6.38. The number of rotatable bonds is 5. The first-order valence-electron chi connectivity index (χ1n) is 13.7. The molecule has 0 radical (unpaired) electrons. The Labute approximate surface area is 252 Å². The van der Waals surface area contributed by atoms with E-state index >= 15 is 0 Å². The first-order chi connectivity index (χ1) is 20.2. The Hall–Kier alpha value is -4.47. The third-order valence-corrected chi connectivity index (χ3v) is 8.20. The minimum atomic E-state index is -3.04. The predicted molar refractivity (Wildman–Crippen MR) is 153 cm³/mol. The standard InChI is InChI=1S/C29H36N4O11/c1-10-11-7-8-12(32-13(34)9-31-27(42)44-28(2,3)4)20(35)15(11)21(36)16-14(10)22(37)18-19(33(5)6)23(38)17(26(30)41)25(40)29(18,43)24(16)39/h7-8,10,14,18-19,22,35,37-39,43H,9H2,1-6H3,(H2,30,41)(H,31,42)(H,32,34)/t10-,14+,18+,19-,22-,29-/m0/s1. The molecule has 0 spiro atoms. The molecule has 0 heterocycles. The van der Waals surface area contributed by atoms with Gasteiger partial charge in [-0.3, -0.25) is 24.1 Å². The maximum absolute atomic E-state index is 13.9. The molecule has 1 aromatic rings. The number of hydrogen-bond donors (Lipinski definition) is 8. The van der Waals surface area contributed by atoms with Gasteiger partial charge in [-0.15, -0.1) is 0 Å². The van der Waals surface area contributed by atoms with Gasteiger partial charge in [0.1, 0.15) is 29.2 Å². The number of ether oxygens (including phenoxy) is 1. The monoisotopic (exact) mass is 616 g/mol. The van der Waals surface area contributed by atoms with Crippen molar-refractivity contribution in [1.82, 2.24) is 10.2 Å². The van der Waals surface area contributed by atoms with Gasteiger partial charge >= 0.3 is 6.09 Å². The van der Waals surface area contributed by atoms with Crippen molar-refractivity contribution >= 4 is 35.2 Å². The molecule has 3 aliphatic rings. The maximum Gasteiger partial charge on any atom is 0.408 e. The topological polar surface area (TPSA) is 249 Å². The van der Waals surface area contributed by atoms with E-state index in [2.05, 4.69) is 10.6 Å². The number of phenolic OH excluding ortho intramolecular Hbond substituents is 1. The Balaban J connectivity index is 1.77. The number of ketones is 2. The Morgan fingerprint density at radius 3 is 2.27 bits per heavy atom. The lowest BCUT2D eigenvalue weighted by molar-refractivity contribution is -0.162. The van der Waals surface area contributed by atoms with E-state index in [1.54, 1.807) is 27.7 Å². The molecule has 0 aromatic heterocycles. The summed E-state index contributed by atoms with van der Waals surface area (Å²) in [7, 11) is 2.89. The number of primary amides is 1. The number of aliphatic hydroxyl groups excluding tert-OH is 3. The van der Waals surface area contributed by atoms with E-state index < -0.39 is 106 Å². The summed E-state index contributed by atoms with van der Waals surface area (Å²) in [6, 6.07) is 1.36. The van der Waals surface area contributed by atoms with Crippen molar-refractivity contribution in [3.05, 3.63) is 45.9 Å².